The first-order valence-electron chi connectivity index (χ1n) is 9.57. The summed E-state index contributed by atoms with van der Waals surface area (Å²) in [5, 5.41) is 7.50. The Balaban J connectivity index is 1.84. The fourth-order valence-corrected chi connectivity index (χ4v) is 3.17. The van der Waals surface area contributed by atoms with Crippen molar-refractivity contribution in [1.29, 1.82) is 0 Å². The van der Waals surface area contributed by atoms with E-state index in [1.807, 2.05) is 60.7 Å². The predicted octanol–water partition coefficient (Wildman–Crippen LogP) is 3.45. The Hall–Kier alpha value is -3.71. The summed E-state index contributed by atoms with van der Waals surface area (Å²) in [6.07, 6.45) is 0. The second-order valence-electron chi connectivity index (χ2n) is 6.67. The molecule has 0 aliphatic carbocycles. The Labute approximate surface area is 174 Å². The molecule has 0 atom stereocenters. The van der Waals surface area contributed by atoms with Crippen LogP contribution in [0.5, 0.6) is 5.75 Å². The van der Waals surface area contributed by atoms with Crippen molar-refractivity contribution in [3.05, 3.63) is 72.4 Å². The van der Waals surface area contributed by atoms with Gasteiger partial charge in [0.1, 0.15) is 11.4 Å². The molecule has 4 aromatic rings. The number of carbonyl (C=O) groups is 1. The zero-order valence-corrected chi connectivity index (χ0v) is 16.8. The van der Waals surface area contributed by atoms with Gasteiger partial charge in [0.05, 0.1) is 25.1 Å². The van der Waals surface area contributed by atoms with Gasteiger partial charge in [0.25, 0.3) is 5.91 Å². The Morgan fingerprint density at radius 1 is 0.967 bits per heavy atom. The molecule has 1 N–H and O–H groups in total. The monoisotopic (exact) mass is 402 g/mol. The molecule has 0 aliphatic rings. The Bertz CT molecular complexity index is 1170. The van der Waals surface area contributed by atoms with Gasteiger partial charge in [-0.3, -0.25) is 4.79 Å². The summed E-state index contributed by atoms with van der Waals surface area (Å²) in [4.78, 5) is 17.7. The molecule has 152 valence electrons. The molecular formula is C23H22N4O3. The van der Waals surface area contributed by atoms with Gasteiger partial charge in [0, 0.05) is 30.8 Å². The van der Waals surface area contributed by atoms with E-state index in [2.05, 4.69) is 10.4 Å². The molecule has 0 aliphatic heterocycles. The highest BCUT2D eigenvalue weighted by Gasteiger charge is 2.17. The van der Waals surface area contributed by atoms with Gasteiger partial charge in [-0.15, -0.1) is 0 Å². The number of rotatable bonds is 7. The van der Waals surface area contributed by atoms with Crippen molar-refractivity contribution in [1.82, 2.24) is 19.9 Å². The number of aromatic nitrogens is 3. The van der Waals surface area contributed by atoms with Gasteiger partial charge in [0.15, 0.2) is 5.65 Å². The van der Waals surface area contributed by atoms with Gasteiger partial charge in [-0.05, 0) is 18.2 Å². The molecule has 0 saturated carbocycles. The zero-order valence-electron chi connectivity index (χ0n) is 16.8. The maximum absolute atomic E-state index is 12.9. The number of methoxy groups -OCH3 is 2. The number of hydrogen-bond donors (Lipinski definition) is 1. The third kappa shape index (κ3) is 4.01. The van der Waals surface area contributed by atoms with Crippen molar-refractivity contribution < 1.29 is 14.3 Å². The van der Waals surface area contributed by atoms with E-state index in [0.29, 0.717) is 30.2 Å². The molecule has 2 heterocycles. The van der Waals surface area contributed by atoms with E-state index >= 15 is 0 Å². The van der Waals surface area contributed by atoms with Crippen LogP contribution in [0.1, 0.15) is 10.5 Å². The average Bonchev–Trinajstić information content (AvgIpc) is 3.23. The molecule has 0 radical (unpaired) electrons. The number of hydrogen-bond acceptors (Lipinski definition) is 5. The third-order valence-corrected chi connectivity index (χ3v) is 4.69. The first-order valence-corrected chi connectivity index (χ1v) is 9.57. The third-order valence-electron chi connectivity index (χ3n) is 4.69. The van der Waals surface area contributed by atoms with Gasteiger partial charge in [-0.25, -0.2) is 9.50 Å². The summed E-state index contributed by atoms with van der Waals surface area (Å²) in [7, 11) is 3.21. The molecule has 4 rings (SSSR count). The number of amides is 1. The summed E-state index contributed by atoms with van der Waals surface area (Å²) in [6.45, 7) is 0.831. The standard InChI is InChI=1S/C23H22N4O3/c1-29-12-11-24-23(28)21-14-19(17-9-6-10-18(13-17)30-2)25-22-15-20(26-27(21)22)16-7-4-3-5-8-16/h3-10,13-15H,11-12H2,1-2H3,(H,24,28). The number of ether oxygens (including phenoxy) is 2. The van der Waals surface area contributed by atoms with Crippen molar-refractivity contribution in [2.24, 2.45) is 0 Å². The van der Waals surface area contributed by atoms with Crippen molar-refractivity contribution in [3.8, 4) is 28.3 Å². The van der Waals surface area contributed by atoms with E-state index in [0.717, 1.165) is 22.6 Å². The number of benzene rings is 2. The zero-order chi connectivity index (χ0) is 20.9. The highest BCUT2D eigenvalue weighted by Crippen LogP contribution is 2.26. The van der Waals surface area contributed by atoms with Gasteiger partial charge < -0.3 is 14.8 Å². The Morgan fingerprint density at radius 2 is 1.77 bits per heavy atom. The lowest BCUT2D eigenvalue weighted by molar-refractivity contribution is 0.0929. The SMILES string of the molecule is COCCNC(=O)c1cc(-c2cccc(OC)c2)nc2cc(-c3ccccc3)nn12. The van der Waals surface area contributed by atoms with Crippen LogP contribution in [0.4, 0.5) is 0 Å². The van der Waals surface area contributed by atoms with Gasteiger partial charge in [-0.2, -0.15) is 5.10 Å². The van der Waals surface area contributed by atoms with E-state index in [9.17, 15) is 4.79 Å². The lowest BCUT2D eigenvalue weighted by atomic mass is 10.1. The van der Waals surface area contributed by atoms with E-state index in [-0.39, 0.29) is 5.91 Å². The van der Waals surface area contributed by atoms with Crippen molar-refractivity contribution in [2.45, 2.75) is 0 Å². The van der Waals surface area contributed by atoms with Crippen molar-refractivity contribution >= 4 is 11.6 Å². The maximum atomic E-state index is 12.9. The molecule has 0 bridgehead atoms. The second kappa shape index (κ2) is 8.75. The van der Waals surface area contributed by atoms with Crippen LogP contribution in [-0.4, -0.2) is 47.9 Å². The largest absolute Gasteiger partial charge is 0.497 e. The fraction of sp³-hybridized carbons (Fsp3) is 0.174. The number of fused-ring (bicyclic) bond motifs is 1. The normalized spacial score (nSPS) is 10.9. The van der Waals surface area contributed by atoms with Crippen LogP contribution in [0.25, 0.3) is 28.2 Å². The molecule has 0 saturated heterocycles. The average molecular weight is 402 g/mol. The Morgan fingerprint density at radius 3 is 2.53 bits per heavy atom. The van der Waals surface area contributed by atoms with E-state index in [1.165, 1.54) is 0 Å². The minimum atomic E-state index is -0.244. The van der Waals surface area contributed by atoms with Crippen molar-refractivity contribution in [2.75, 3.05) is 27.4 Å². The Kier molecular flexibility index (Phi) is 5.72. The molecule has 7 nitrogen and oxygen atoms in total. The predicted molar refractivity (Wildman–Crippen MR) is 115 cm³/mol. The summed E-state index contributed by atoms with van der Waals surface area (Å²) in [6, 6.07) is 21.0. The van der Waals surface area contributed by atoms with Crippen LogP contribution in [-0.2, 0) is 4.74 Å². The summed E-state index contributed by atoms with van der Waals surface area (Å²) < 4.78 is 11.9. The van der Waals surface area contributed by atoms with Crippen molar-refractivity contribution in [3.63, 3.8) is 0 Å². The van der Waals surface area contributed by atoms with Gasteiger partial charge in [0.2, 0.25) is 0 Å². The van der Waals surface area contributed by atoms with Crippen LogP contribution in [0.3, 0.4) is 0 Å². The molecular weight excluding hydrogens is 380 g/mol. The number of nitrogens with zero attached hydrogens (tertiary/aromatic N) is 3. The minimum Gasteiger partial charge on any atom is -0.497 e. The van der Waals surface area contributed by atoms with Crippen LogP contribution in [0.15, 0.2) is 66.7 Å². The van der Waals surface area contributed by atoms with Gasteiger partial charge >= 0.3 is 0 Å². The second-order valence-corrected chi connectivity index (χ2v) is 6.67. The molecule has 0 unspecified atom stereocenters. The maximum Gasteiger partial charge on any atom is 0.270 e. The molecule has 2 aromatic carbocycles. The molecule has 2 aromatic heterocycles. The van der Waals surface area contributed by atoms with Gasteiger partial charge in [-0.1, -0.05) is 42.5 Å². The van der Waals surface area contributed by atoms with E-state index in [4.69, 9.17) is 14.5 Å². The summed E-state index contributed by atoms with van der Waals surface area (Å²) >= 11 is 0. The topological polar surface area (TPSA) is 77.8 Å². The summed E-state index contributed by atoms with van der Waals surface area (Å²) in [5.41, 5.74) is 4.21. The molecule has 7 heteroatoms. The highest BCUT2D eigenvalue weighted by molar-refractivity contribution is 5.94. The molecule has 1 amide bonds. The van der Waals surface area contributed by atoms with Crippen LogP contribution < -0.4 is 10.1 Å². The lowest BCUT2D eigenvalue weighted by Gasteiger charge is -2.09. The fourth-order valence-electron chi connectivity index (χ4n) is 3.17. The van der Waals surface area contributed by atoms with Crippen LogP contribution >= 0.6 is 0 Å². The minimum absolute atomic E-state index is 0.244. The molecule has 0 spiro atoms. The quantitative estimate of drug-likeness (QED) is 0.479. The highest BCUT2D eigenvalue weighted by atomic mass is 16.5. The first-order chi connectivity index (χ1) is 14.7. The summed E-state index contributed by atoms with van der Waals surface area (Å²) in [5.74, 6) is 0.477. The number of nitrogens with one attached hydrogen (secondary N) is 1. The van der Waals surface area contributed by atoms with E-state index < -0.39 is 0 Å². The van der Waals surface area contributed by atoms with Crippen LogP contribution in [0, 0.1) is 0 Å². The number of carbonyl (C=O) groups excluding carboxylic acids is 1. The smallest absolute Gasteiger partial charge is 0.270 e. The van der Waals surface area contributed by atoms with Crippen LogP contribution in [0.2, 0.25) is 0 Å². The lowest BCUT2D eigenvalue weighted by Crippen LogP contribution is -2.29. The first kappa shape index (κ1) is 19.6. The molecule has 30 heavy (non-hydrogen) atoms. The van der Waals surface area contributed by atoms with E-state index in [1.54, 1.807) is 24.8 Å². The molecule has 0 fully saturated rings.